The van der Waals surface area contributed by atoms with Crippen LogP contribution in [-0.2, 0) is 31.6 Å². The predicted molar refractivity (Wildman–Crippen MR) is 93.4 cm³/mol. The van der Waals surface area contributed by atoms with Gasteiger partial charge >= 0.3 is 29.2 Å². The molecule has 1 saturated heterocycles. The lowest BCUT2D eigenvalue weighted by Crippen LogP contribution is -2.40. The number of hydrogen-bond acceptors (Lipinski definition) is 9. The Bertz CT molecular complexity index is 983. The fourth-order valence-electron chi connectivity index (χ4n) is 2.56. The molecule has 2 rings (SSSR count). The number of phosphoric ester groups is 1. The molecule has 15 nitrogen and oxygen atoms in total. The van der Waals surface area contributed by atoms with Gasteiger partial charge in [-0.3, -0.25) is 18.9 Å². The van der Waals surface area contributed by atoms with E-state index in [0.29, 0.717) is 12.8 Å². The third-order valence-corrected chi connectivity index (χ3v) is 7.53. The molecule has 0 bridgehead atoms. The Balaban J connectivity index is 2.02. The van der Waals surface area contributed by atoms with Gasteiger partial charge in [-0.05, 0) is 12.8 Å². The van der Waals surface area contributed by atoms with E-state index in [4.69, 9.17) is 19.4 Å². The zero-order valence-electron chi connectivity index (χ0n) is 14.8. The van der Waals surface area contributed by atoms with Crippen LogP contribution in [0.3, 0.4) is 0 Å². The van der Waals surface area contributed by atoms with E-state index in [1.54, 1.807) is 6.92 Å². The summed E-state index contributed by atoms with van der Waals surface area (Å²) in [4.78, 5) is 60.7. The van der Waals surface area contributed by atoms with Crippen LogP contribution < -0.4 is 11.2 Å². The second-order valence-corrected chi connectivity index (χ2v) is 10.5. The van der Waals surface area contributed by atoms with E-state index >= 15 is 0 Å². The quantitative estimate of drug-likeness (QED) is 0.314. The van der Waals surface area contributed by atoms with Crippen LogP contribution in [0.25, 0.3) is 0 Å². The molecule has 0 spiro atoms. The van der Waals surface area contributed by atoms with Gasteiger partial charge in [-0.25, -0.2) is 18.5 Å². The molecule has 1 fully saturated rings. The molecular weight excluding hydrogens is 461 g/mol. The van der Waals surface area contributed by atoms with Crippen molar-refractivity contribution in [2.75, 3.05) is 6.61 Å². The van der Waals surface area contributed by atoms with Gasteiger partial charge in [0, 0.05) is 18.2 Å². The minimum absolute atomic E-state index is 0.165. The molecule has 1 aromatic rings. The van der Waals surface area contributed by atoms with Crippen LogP contribution in [0, 0.1) is 5.92 Å². The summed E-state index contributed by atoms with van der Waals surface area (Å²) in [5.41, 5.74) is -1.32. The minimum atomic E-state index is -5.61. The lowest BCUT2D eigenvalue weighted by Gasteiger charge is -2.35. The van der Waals surface area contributed by atoms with Crippen LogP contribution in [0.5, 0.6) is 0 Å². The summed E-state index contributed by atoms with van der Waals surface area (Å²) in [5.74, 6) is -0.165. The van der Waals surface area contributed by atoms with Crippen molar-refractivity contribution in [3.8, 4) is 0 Å². The molecule has 5 N–H and O–H groups in total. The number of rotatable bonds is 8. The van der Waals surface area contributed by atoms with Gasteiger partial charge in [0.05, 0.1) is 12.7 Å². The summed E-state index contributed by atoms with van der Waals surface area (Å²) >= 11 is 0. The Labute approximate surface area is 162 Å². The van der Waals surface area contributed by atoms with Gasteiger partial charge in [-0.2, -0.15) is 8.62 Å². The largest absolute Gasteiger partial charge is 0.490 e. The van der Waals surface area contributed by atoms with Gasteiger partial charge in [-0.1, -0.05) is 6.92 Å². The molecule has 1 aromatic heterocycles. The fourth-order valence-corrected chi connectivity index (χ4v) is 5.61. The van der Waals surface area contributed by atoms with Crippen LogP contribution in [0.15, 0.2) is 21.9 Å². The summed E-state index contributed by atoms with van der Waals surface area (Å²) < 4.78 is 52.2. The molecule has 0 amide bonds. The van der Waals surface area contributed by atoms with Crippen molar-refractivity contribution in [3.05, 3.63) is 33.1 Å². The number of ether oxygens (including phenoxy) is 1. The molecule has 1 aliphatic rings. The van der Waals surface area contributed by atoms with Crippen molar-refractivity contribution in [3.63, 3.8) is 0 Å². The number of aromatic nitrogens is 2. The molecule has 1 aliphatic heterocycles. The molecule has 0 saturated carbocycles. The molecule has 5 atom stereocenters. The van der Waals surface area contributed by atoms with Gasteiger partial charge in [-0.15, -0.1) is 0 Å². The number of nitrogens with one attached hydrogen (secondary N) is 1. The van der Waals surface area contributed by atoms with Crippen molar-refractivity contribution in [1.29, 1.82) is 0 Å². The molecule has 0 radical (unpaired) electrons. The fraction of sp³-hybridized carbons (Fsp3) is 0.636. The van der Waals surface area contributed by atoms with Crippen LogP contribution >= 0.6 is 23.5 Å². The van der Waals surface area contributed by atoms with Crippen molar-refractivity contribution in [2.45, 2.75) is 32.1 Å². The van der Waals surface area contributed by atoms with E-state index in [9.17, 15) is 28.2 Å². The van der Waals surface area contributed by atoms with Crippen LogP contribution in [-0.4, -0.2) is 41.8 Å². The highest BCUT2D eigenvalue weighted by atomic mass is 31.3. The highest BCUT2D eigenvalue weighted by molar-refractivity contribution is 7.66. The first-order valence-corrected chi connectivity index (χ1v) is 12.4. The molecule has 29 heavy (non-hydrogen) atoms. The average molecular weight is 480 g/mol. The number of nitrogens with zero attached hydrogens (tertiary/aromatic N) is 1. The molecule has 0 aliphatic carbocycles. The first-order chi connectivity index (χ1) is 13.2. The number of phosphoric acid groups is 3. The van der Waals surface area contributed by atoms with Crippen LogP contribution in [0.1, 0.15) is 26.0 Å². The van der Waals surface area contributed by atoms with Crippen molar-refractivity contribution < 1.29 is 51.2 Å². The lowest BCUT2D eigenvalue weighted by atomic mass is 9.97. The summed E-state index contributed by atoms with van der Waals surface area (Å²) in [7, 11) is -16.4. The van der Waals surface area contributed by atoms with E-state index in [2.05, 4.69) is 18.1 Å². The highest BCUT2D eigenvalue weighted by Gasteiger charge is 2.41. The van der Waals surface area contributed by atoms with Gasteiger partial charge in [0.15, 0.2) is 0 Å². The van der Waals surface area contributed by atoms with E-state index < -0.39 is 53.7 Å². The number of H-pyrrole nitrogens is 1. The number of hydrogen-bond donors (Lipinski definition) is 5. The molecule has 166 valence electrons. The second kappa shape index (κ2) is 9.04. The van der Waals surface area contributed by atoms with Gasteiger partial charge < -0.3 is 24.3 Å². The maximum atomic E-state index is 11.9. The summed E-state index contributed by atoms with van der Waals surface area (Å²) in [5, 5.41) is 0. The van der Waals surface area contributed by atoms with E-state index in [1.165, 1.54) is 6.20 Å². The third-order valence-electron chi connectivity index (χ3n) is 3.73. The summed E-state index contributed by atoms with van der Waals surface area (Å²) in [6.45, 7) is 1.16. The van der Waals surface area contributed by atoms with Crippen molar-refractivity contribution in [1.82, 2.24) is 9.55 Å². The molecule has 5 unspecified atom stereocenters. The minimum Gasteiger partial charge on any atom is -0.352 e. The first-order valence-electron chi connectivity index (χ1n) is 7.93. The maximum absolute atomic E-state index is 11.9. The SMILES string of the molecule is CC1CCC(COP(=O)(O)OP(=O)(O)OP(=O)(O)O)OC1n1ccc(=O)[nH]c1=O. The van der Waals surface area contributed by atoms with Gasteiger partial charge in [0.2, 0.25) is 0 Å². The average Bonchev–Trinajstić information content (AvgIpc) is 2.51. The highest BCUT2D eigenvalue weighted by Crippen LogP contribution is 2.66. The predicted octanol–water partition coefficient (Wildman–Crippen LogP) is 0.194. The lowest BCUT2D eigenvalue weighted by molar-refractivity contribution is -0.134. The molecule has 0 aromatic carbocycles. The summed E-state index contributed by atoms with van der Waals surface area (Å²) in [6, 6.07) is 1.12. The maximum Gasteiger partial charge on any atom is 0.490 e. The van der Waals surface area contributed by atoms with Crippen molar-refractivity contribution in [2.24, 2.45) is 5.92 Å². The smallest absolute Gasteiger partial charge is 0.352 e. The Morgan fingerprint density at radius 1 is 1.14 bits per heavy atom. The van der Waals surface area contributed by atoms with Gasteiger partial charge in [0.1, 0.15) is 6.23 Å². The monoisotopic (exact) mass is 480 g/mol. The van der Waals surface area contributed by atoms with Crippen LogP contribution in [0.2, 0.25) is 0 Å². The zero-order valence-corrected chi connectivity index (χ0v) is 17.4. The standard InChI is InChI=1S/C11H19N2O13P3/c1-7-2-3-8(24-10(7)13-5-4-9(14)12-11(13)15)6-23-28(19,20)26-29(21,22)25-27(16,17)18/h4-5,7-8,10H,2-3,6H2,1H3,(H,19,20)(H,21,22)(H,12,14,15)(H2,16,17,18). The molecule has 2 heterocycles. The van der Waals surface area contributed by atoms with E-state index in [0.717, 1.165) is 10.6 Å². The Kier molecular flexibility index (Phi) is 7.59. The van der Waals surface area contributed by atoms with Crippen molar-refractivity contribution >= 4 is 23.5 Å². The topological polar surface area (TPSA) is 224 Å². The third kappa shape index (κ3) is 7.67. The Hall–Kier alpha value is -0.950. The number of aromatic amines is 1. The Morgan fingerprint density at radius 2 is 1.79 bits per heavy atom. The van der Waals surface area contributed by atoms with E-state index in [-0.39, 0.29) is 5.92 Å². The van der Waals surface area contributed by atoms with E-state index in [1.807, 2.05) is 0 Å². The molecule has 18 heteroatoms. The normalized spacial score (nSPS) is 27.1. The van der Waals surface area contributed by atoms with Crippen LogP contribution in [0.4, 0.5) is 0 Å². The summed E-state index contributed by atoms with van der Waals surface area (Å²) in [6.07, 6.45) is 0.377. The molecular formula is C11H19N2O13P3. The van der Waals surface area contributed by atoms with Gasteiger partial charge in [0.25, 0.3) is 5.56 Å². The second-order valence-electron chi connectivity index (χ2n) is 6.11. The first kappa shape index (κ1) is 24.3. The zero-order chi connectivity index (χ0) is 22.0. The Morgan fingerprint density at radius 3 is 2.38 bits per heavy atom.